The molecule has 0 atom stereocenters. The minimum absolute atomic E-state index is 0.0259. The highest BCUT2D eigenvalue weighted by molar-refractivity contribution is 5.73. The van der Waals surface area contributed by atoms with Gasteiger partial charge in [-0.05, 0) is 36.4 Å². The molecule has 1 aliphatic heterocycles. The monoisotopic (exact) mass is 376 g/mol. The summed E-state index contributed by atoms with van der Waals surface area (Å²) in [6.07, 6.45) is -4.49. The van der Waals surface area contributed by atoms with Crippen LogP contribution < -0.4 is 15.0 Å². The van der Waals surface area contributed by atoms with Crippen LogP contribution in [0.25, 0.3) is 11.3 Å². The van der Waals surface area contributed by atoms with Crippen molar-refractivity contribution in [3.8, 4) is 22.8 Å². The van der Waals surface area contributed by atoms with Crippen LogP contribution in [0.2, 0.25) is 0 Å². The van der Waals surface area contributed by atoms with Crippen LogP contribution in [-0.2, 0) is 6.18 Å². The molecule has 7 nitrogen and oxygen atoms in total. The summed E-state index contributed by atoms with van der Waals surface area (Å²) in [6.45, 7) is 0.102. The molecule has 2 aromatic carbocycles. The van der Waals surface area contributed by atoms with Crippen molar-refractivity contribution in [2.45, 2.75) is 6.18 Å². The Bertz CT molecular complexity index is 1090. The molecule has 2 heterocycles. The van der Waals surface area contributed by atoms with Crippen molar-refractivity contribution in [3.05, 3.63) is 58.4 Å². The second-order valence-electron chi connectivity index (χ2n) is 5.62. The van der Waals surface area contributed by atoms with Crippen LogP contribution in [0.15, 0.2) is 57.5 Å². The smallest absolute Gasteiger partial charge is 0.416 e. The van der Waals surface area contributed by atoms with E-state index in [4.69, 9.17) is 9.47 Å². The Morgan fingerprint density at radius 1 is 0.963 bits per heavy atom. The third kappa shape index (κ3) is 3.28. The highest BCUT2D eigenvalue weighted by Crippen LogP contribution is 2.37. The number of aromatic nitrogens is 2. The Hall–Kier alpha value is -3.56. The highest BCUT2D eigenvalue weighted by Gasteiger charge is 2.30. The summed E-state index contributed by atoms with van der Waals surface area (Å²) in [4.78, 5) is 12.0. The van der Waals surface area contributed by atoms with Crippen LogP contribution in [-0.4, -0.2) is 17.0 Å². The van der Waals surface area contributed by atoms with Gasteiger partial charge in [0.25, 0.3) is 5.56 Å². The lowest BCUT2D eigenvalue weighted by Gasteiger charge is -2.05. The molecule has 0 bridgehead atoms. The Kier molecular flexibility index (Phi) is 3.94. The van der Waals surface area contributed by atoms with E-state index in [1.165, 1.54) is 12.1 Å². The maximum atomic E-state index is 12.8. The molecule has 4 rings (SSSR count). The first-order chi connectivity index (χ1) is 12.9. The molecule has 0 saturated carbocycles. The van der Waals surface area contributed by atoms with E-state index in [-0.39, 0.29) is 18.2 Å². The third-order valence-corrected chi connectivity index (χ3v) is 3.85. The van der Waals surface area contributed by atoms with E-state index in [0.717, 1.165) is 12.1 Å². The zero-order valence-electron chi connectivity index (χ0n) is 13.5. The summed E-state index contributed by atoms with van der Waals surface area (Å²) in [7, 11) is 0. The molecule has 10 heteroatoms. The number of fused-ring (bicyclic) bond motifs is 1. The lowest BCUT2D eigenvalue weighted by molar-refractivity contribution is -0.137. The Balaban J connectivity index is 1.69. The number of aromatic amines is 2. The first-order valence-corrected chi connectivity index (χ1v) is 7.71. The lowest BCUT2D eigenvalue weighted by atomic mass is 10.1. The molecule has 0 saturated heterocycles. The van der Waals surface area contributed by atoms with Gasteiger partial charge < -0.3 is 9.47 Å². The minimum atomic E-state index is -4.49. The van der Waals surface area contributed by atoms with Gasteiger partial charge in [0.1, 0.15) is 0 Å². The van der Waals surface area contributed by atoms with Gasteiger partial charge in [0.2, 0.25) is 6.79 Å². The van der Waals surface area contributed by atoms with Crippen LogP contribution in [0.1, 0.15) is 5.56 Å². The number of nitrogens with zero attached hydrogens (tertiary/aromatic N) is 2. The maximum Gasteiger partial charge on any atom is 0.416 e. The number of H-pyrrole nitrogens is 2. The summed E-state index contributed by atoms with van der Waals surface area (Å²) >= 11 is 0. The number of hydrogen-bond acceptors (Lipinski definition) is 5. The minimum Gasteiger partial charge on any atom is -0.454 e. The topological polar surface area (TPSA) is 91.8 Å². The molecule has 27 heavy (non-hydrogen) atoms. The predicted molar refractivity (Wildman–Crippen MR) is 88.6 cm³/mol. The largest absolute Gasteiger partial charge is 0.454 e. The van der Waals surface area contributed by atoms with E-state index >= 15 is 0 Å². The van der Waals surface area contributed by atoms with Crippen molar-refractivity contribution in [3.63, 3.8) is 0 Å². The second-order valence-corrected chi connectivity index (χ2v) is 5.62. The third-order valence-electron chi connectivity index (χ3n) is 3.85. The number of alkyl halides is 3. The fourth-order valence-electron chi connectivity index (χ4n) is 2.56. The molecule has 1 aliphatic rings. The SMILES string of the molecule is O=c1[nH][nH]c(-c2ccc3c(c2)OCO3)c1N=Nc1cccc(C(F)(F)F)c1. The first-order valence-electron chi connectivity index (χ1n) is 7.71. The first kappa shape index (κ1) is 16.9. The molecule has 0 unspecified atom stereocenters. The van der Waals surface area contributed by atoms with Gasteiger partial charge in [0.05, 0.1) is 16.9 Å². The van der Waals surface area contributed by atoms with Crippen LogP contribution in [0.3, 0.4) is 0 Å². The summed E-state index contributed by atoms with van der Waals surface area (Å²) in [6, 6.07) is 9.39. The molecule has 0 amide bonds. The average molecular weight is 376 g/mol. The van der Waals surface area contributed by atoms with Gasteiger partial charge >= 0.3 is 6.18 Å². The van der Waals surface area contributed by atoms with Crippen molar-refractivity contribution in [2.24, 2.45) is 10.2 Å². The number of hydrogen-bond donors (Lipinski definition) is 2. The number of nitrogens with one attached hydrogen (secondary N) is 2. The summed E-state index contributed by atoms with van der Waals surface area (Å²) in [5, 5.41) is 12.7. The fraction of sp³-hybridized carbons (Fsp3) is 0.118. The van der Waals surface area contributed by atoms with Crippen LogP contribution in [0, 0.1) is 0 Å². The molecule has 0 fully saturated rings. The van der Waals surface area contributed by atoms with Crippen LogP contribution >= 0.6 is 0 Å². The summed E-state index contributed by atoms with van der Waals surface area (Å²) in [5.41, 5.74) is -0.589. The molecular formula is C17H11F3N4O3. The number of rotatable bonds is 3. The Morgan fingerprint density at radius 2 is 1.78 bits per heavy atom. The fourth-order valence-corrected chi connectivity index (χ4v) is 2.56. The average Bonchev–Trinajstić information content (AvgIpc) is 3.25. The van der Waals surface area contributed by atoms with E-state index in [0.29, 0.717) is 22.8 Å². The van der Waals surface area contributed by atoms with Crippen molar-refractivity contribution < 1.29 is 22.6 Å². The van der Waals surface area contributed by atoms with Gasteiger partial charge in [-0.25, -0.2) is 0 Å². The quantitative estimate of drug-likeness (QED) is 0.658. The molecular weight excluding hydrogens is 365 g/mol. The second kappa shape index (κ2) is 6.31. The maximum absolute atomic E-state index is 12.8. The molecule has 2 N–H and O–H groups in total. The van der Waals surface area contributed by atoms with E-state index in [1.54, 1.807) is 18.2 Å². The molecule has 0 aliphatic carbocycles. The van der Waals surface area contributed by atoms with E-state index in [9.17, 15) is 18.0 Å². The van der Waals surface area contributed by atoms with Crippen molar-refractivity contribution >= 4 is 11.4 Å². The number of benzene rings is 2. The van der Waals surface area contributed by atoms with E-state index < -0.39 is 17.3 Å². The van der Waals surface area contributed by atoms with Gasteiger partial charge in [-0.2, -0.15) is 18.3 Å². The molecule has 0 spiro atoms. The lowest BCUT2D eigenvalue weighted by Crippen LogP contribution is -2.03. The number of ether oxygens (including phenoxy) is 2. The zero-order valence-corrected chi connectivity index (χ0v) is 13.5. The van der Waals surface area contributed by atoms with Gasteiger partial charge in [0.15, 0.2) is 17.2 Å². The van der Waals surface area contributed by atoms with Gasteiger partial charge in [-0.15, -0.1) is 5.11 Å². The molecule has 1 aromatic heterocycles. The van der Waals surface area contributed by atoms with Crippen LogP contribution in [0.5, 0.6) is 11.5 Å². The standard InChI is InChI=1S/C17H11F3N4O3/c18-17(19,20)10-2-1-3-11(7-10)21-23-15-14(22-24-16(15)25)9-4-5-12-13(6-9)27-8-26-12/h1-7H,8H2,(H2,22,24,25). The van der Waals surface area contributed by atoms with E-state index in [1.807, 2.05) is 0 Å². The summed E-state index contributed by atoms with van der Waals surface area (Å²) < 4.78 is 48.9. The van der Waals surface area contributed by atoms with Crippen molar-refractivity contribution in [1.29, 1.82) is 0 Å². The van der Waals surface area contributed by atoms with Gasteiger partial charge in [0, 0.05) is 5.56 Å². The molecule has 0 radical (unpaired) electrons. The molecule has 3 aromatic rings. The molecule has 138 valence electrons. The zero-order chi connectivity index (χ0) is 19.0. The highest BCUT2D eigenvalue weighted by atomic mass is 19.4. The van der Waals surface area contributed by atoms with Crippen molar-refractivity contribution in [1.82, 2.24) is 10.2 Å². The van der Waals surface area contributed by atoms with Crippen LogP contribution in [0.4, 0.5) is 24.5 Å². The van der Waals surface area contributed by atoms with Gasteiger partial charge in [-0.3, -0.25) is 15.0 Å². The number of halogens is 3. The van der Waals surface area contributed by atoms with E-state index in [2.05, 4.69) is 20.4 Å². The normalized spacial score (nSPS) is 13.4. The van der Waals surface area contributed by atoms with Crippen molar-refractivity contribution in [2.75, 3.05) is 6.79 Å². The Labute approximate surface area is 149 Å². The predicted octanol–water partition coefficient (Wildman–Crippen LogP) is 4.53. The Morgan fingerprint density at radius 3 is 2.59 bits per heavy atom. The number of azo groups is 1. The summed E-state index contributed by atoms with van der Waals surface area (Å²) in [5.74, 6) is 1.08. The van der Waals surface area contributed by atoms with Gasteiger partial charge in [-0.1, -0.05) is 6.07 Å².